The first-order valence-corrected chi connectivity index (χ1v) is 11.1. The molecule has 1 N–H and O–H groups in total. The van der Waals surface area contributed by atoms with Crippen molar-refractivity contribution in [1.82, 2.24) is 9.97 Å². The largest absolute Gasteiger partial charge is 0.309 e. The number of aryl methyl sites for hydroxylation is 2. The maximum absolute atomic E-state index is 13.4. The van der Waals surface area contributed by atoms with E-state index in [2.05, 4.69) is 67.4 Å². The molecule has 0 saturated carbocycles. The molecule has 2 heterocycles. The maximum Gasteiger partial charge on any atom is 0.260 e. The summed E-state index contributed by atoms with van der Waals surface area (Å²) in [5.41, 5.74) is 5.35. The summed E-state index contributed by atoms with van der Waals surface area (Å²) in [5, 5.41) is 0.676. The summed E-state index contributed by atoms with van der Waals surface area (Å²) in [6.45, 7) is 4.13. The van der Waals surface area contributed by atoms with Crippen LogP contribution in [0.4, 0.5) is 0 Å². The zero-order chi connectivity index (χ0) is 21.4. The number of aromatic nitrogens is 2. The molecule has 152 valence electrons. The van der Waals surface area contributed by atoms with Crippen molar-refractivity contribution >= 4 is 21.6 Å². The Balaban J connectivity index is 1.72. The second-order valence-corrected chi connectivity index (χ2v) is 8.99. The Kier molecular flexibility index (Phi) is 5.00. The van der Waals surface area contributed by atoms with Gasteiger partial charge in [0.2, 0.25) is 0 Å². The van der Waals surface area contributed by atoms with Gasteiger partial charge in [0.15, 0.2) is 0 Å². The Morgan fingerprint density at radius 2 is 1.39 bits per heavy atom. The highest BCUT2D eigenvalue weighted by atomic mass is 32.1. The van der Waals surface area contributed by atoms with Gasteiger partial charge >= 0.3 is 0 Å². The summed E-state index contributed by atoms with van der Waals surface area (Å²) >= 11 is 1.58. The van der Waals surface area contributed by atoms with Crippen LogP contribution < -0.4 is 5.56 Å². The van der Waals surface area contributed by atoms with Gasteiger partial charge in [0.1, 0.15) is 10.7 Å². The number of hydrogen-bond donors (Lipinski definition) is 1. The van der Waals surface area contributed by atoms with Gasteiger partial charge < -0.3 is 4.98 Å². The highest BCUT2D eigenvalue weighted by Crippen LogP contribution is 2.37. The second-order valence-electron chi connectivity index (χ2n) is 7.78. The van der Waals surface area contributed by atoms with Crippen molar-refractivity contribution in [1.29, 1.82) is 0 Å². The molecule has 0 unspecified atom stereocenters. The lowest BCUT2D eigenvalue weighted by atomic mass is 9.90. The quantitative estimate of drug-likeness (QED) is 0.362. The van der Waals surface area contributed by atoms with Crippen molar-refractivity contribution in [2.24, 2.45) is 0 Å². The molecule has 4 heteroatoms. The third-order valence-corrected chi connectivity index (χ3v) is 6.63. The molecule has 0 aliphatic rings. The van der Waals surface area contributed by atoms with E-state index in [0.717, 1.165) is 32.0 Å². The van der Waals surface area contributed by atoms with E-state index in [1.54, 1.807) is 11.3 Å². The molecule has 0 aliphatic heterocycles. The number of aromatic amines is 1. The summed E-state index contributed by atoms with van der Waals surface area (Å²) in [4.78, 5) is 23.3. The minimum atomic E-state index is -0.135. The van der Waals surface area contributed by atoms with Crippen molar-refractivity contribution in [2.75, 3.05) is 0 Å². The Labute approximate surface area is 185 Å². The number of hydrogen-bond acceptors (Lipinski definition) is 3. The van der Waals surface area contributed by atoms with E-state index >= 15 is 0 Å². The van der Waals surface area contributed by atoms with Crippen molar-refractivity contribution in [2.45, 2.75) is 19.8 Å². The fourth-order valence-electron chi connectivity index (χ4n) is 4.14. The smallest absolute Gasteiger partial charge is 0.260 e. The number of nitrogens with one attached hydrogen (secondary N) is 1. The maximum atomic E-state index is 13.4. The van der Waals surface area contributed by atoms with E-state index in [0.29, 0.717) is 11.2 Å². The van der Waals surface area contributed by atoms with Gasteiger partial charge in [0.05, 0.1) is 11.3 Å². The minimum absolute atomic E-state index is 0.0863. The molecular weight excluding hydrogens is 400 g/mol. The normalized spacial score (nSPS) is 11.3. The molecule has 2 aromatic heterocycles. The molecule has 0 aliphatic carbocycles. The molecule has 0 amide bonds. The van der Waals surface area contributed by atoms with Crippen LogP contribution in [0, 0.1) is 13.8 Å². The summed E-state index contributed by atoms with van der Waals surface area (Å²) in [7, 11) is 0. The molecule has 0 bridgehead atoms. The van der Waals surface area contributed by atoms with Crippen LogP contribution >= 0.6 is 11.3 Å². The molecule has 0 spiro atoms. The highest BCUT2D eigenvalue weighted by Gasteiger charge is 2.22. The van der Waals surface area contributed by atoms with Gasteiger partial charge in [-0.25, -0.2) is 4.98 Å². The topological polar surface area (TPSA) is 45.8 Å². The molecule has 5 rings (SSSR count). The predicted molar refractivity (Wildman–Crippen MR) is 129 cm³/mol. The first-order valence-electron chi connectivity index (χ1n) is 10.3. The number of benzene rings is 3. The van der Waals surface area contributed by atoms with Gasteiger partial charge in [-0.05, 0) is 30.5 Å². The number of fused-ring (bicyclic) bond motifs is 1. The lowest BCUT2D eigenvalue weighted by Gasteiger charge is -2.17. The van der Waals surface area contributed by atoms with Crippen LogP contribution in [0.15, 0.2) is 89.7 Å². The number of rotatable bonds is 4. The Hall–Kier alpha value is -3.50. The van der Waals surface area contributed by atoms with Crippen LogP contribution in [0.1, 0.15) is 33.3 Å². The van der Waals surface area contributed by atoms with Crippen LogP contribution in [0.5, 0.6) is 0 Å². The Bertz CT molecular complexity index is 1360. The van der Waals surface area contributed by atoms with Gasteiger partial charge in [-0.3, -0.25) is 4.79 Å². The van der Waals surface area contributed by atoms with Gasteiger partial charge in [-0.1, -0.05) is 90.5 Å². The fourth-order valence-corrected chi connectivity index (χ4v) is 5.19. The van der Waals surface area contributed by atoms with Gasteiger partial charge in [0.25, 0.3) is 5.56 Å². The first-order chi connectivity index (χ1) is 15.1. The van der Waals surface area contributed by atoms with E-state index < -0.39 is 0 Å². The third-order valence-electron chi connectivity index (χ3n) is 5.64. The molecular formula is C27H22N2OS. The molecule has 0 saturated heterocycles. The van der Waals surface area contributed by atoms with E-state index in [1.807, 2.05) is 36.4 Å². The van der Waals surface area contributed by atoms with Crippen LogP contribution in [0.2, 0.25) is 0 Å². The van der Waals surface area contributed by atoms with Crippen molar-refractivity contribution in [3.8, 4) is 11.1 Å². The van der Waals surface area contributed by atoms with Gasteiger partial charge in [0, 0.05) is 10.4 Å². The monoisotopic (exact) mass is 422 g/mol. The highest BCUT2D eigenvalue weighted by molar-refractivity contribution is 7.19. The van der Waals surface area contributed by atoms with Crippen molar-refractivity contribution in [3.05, 3.63) is 123 Å². The fraction of sp³-hybridized carbons (Fsp3) is 0.111. The first kappa shape index (κ1) is 19.5. The SMILES string of the molecule is Cc1ccc(-c2c(C)sc3nc(C(c4ccccc4)c4ccccc4)[nH]c(=O)c23)cc1. The van der Waals surface area contributed by atoms with Crippen LogP contribution in [-0.2, 0) is 0 Å². The number of thiophene rings is 1. The zero-order valence-electron chi connectivity index (χ0n) is 17.4. The van der Waals surface area contributed by atoms with E-state index in [4.69, 9.17) is 4.98 Å². The minimum Gasteiger partial charge on any atom is -0.309 e. The second kappa shape index (κ2) is 7.97. The van der Waals surface area contributed by atoms with Crippen LogP contribution in [0.3, 0.4) is 0 Å². The number of H-pyrrole nitrogens is 1. The summed E-state index contributed by atoms with van der Waals surface area (Å²) in [5.74, 6) is 0.538. The molecule has 5 aromatic rings. The molecule has 0 fully saturated rings. The standard InChI is InChI=1S/C27H22N2OS/c1-17-13-15-21(16-14-17)22-18(2)31-27-24(22)26(30)28-25(29-27)23(19-9-5-3-6-10-19)20-11-7-4-8-12-20/h3-16,23H,1-2H3,(H,28,29,30). The molecule has 0 radical (unpaired) electrons. The van der Waals surface area contributed by atoms with Gasteiger partial charge in [-0.15, -0.1) is 11.3 Å². The summed E-state index contributed by atoms with van der Waals surface area (Å²) in [6, 6.07) is 28.7. The molecule has 3 aromatic carbocycles. The predicted octanol–water partition coefficient (Wildman–Crippen LogP) is 6.45. The van der Waals surface area contributed by atoms with E-state index in [1.165, 1.54) is 5.56 Å². The summed E-state index contributed by atoms with van der Waals surface area (Å²) in [6.07, 6.45) is 0. The van der Waals surface area contributed by atoms with E-state index in [-0.39, 0.29) is 11.5 Å². The average molecular weight is 423 g/mol. The van der Waals surface area contributed by atoms with Crippen LogP contribution in [-0.4, -0.2) is 9.97 Å². The Morgan fingerprint density at radius 1 is 0.806 bits per heavy atom. The zero-order valence-corrected chi connectivity index (χ0v) is 18.2. The lowest BCUT2D eigenvalue weighted by Crippen LogP contribution is -2.16. The van der Waals surface area contributed by atoms with Crippen molar-refractivity contribution in [3.63, 3.8) is 0 Å². The molecule has 3 nitrogen and oxygen atoms in total. The lowest BCUT2D eigenvalue weighted by molar-refractivity contribution is 0.860. The van der Waals surface area contributed by atoms with Crippen molar-refractivity contribution < 1.29 is 0 Å². The third kappa shape index (κ3) is 3.60. The number of nitrogens with zero attached hydrogens (tertiary/aromatic N) is 1. The molecule has 0 atom stereocenters. The summed E-state index contributed by atoms with van der Waals surface area (Å²) < 4.78 is 0. The van der Waals surface area contributed by atoms with E-state index in [9.17, 15) is 4.79 Å². The Morgan fingerprint density at radius 3 is 1.97 bits per heavy atom. The molecule has 31 heavy (non-hydrogen) atoms. The average Bonchev–Trinajstić information content (AvgIpc) is 3.12. The van der Waals surface area contributed by atoms with Gasteiger partial charge in [-0.2, -0.15) is 0 Å². The van der Waals surface area contributed by atoms with Crippen LogP contribution in [0.25, 0.3) is 21.3 Å².